The zero-order chi connectivity index (χ0) is 17.3. The molecule has 0 amide bonds. The van der Waals surface area contributed by atoms with E-state index in [9.17, 15) is 13.6 Å². The molecule has 0 radical (unpaired) electrons. The zero-order valence-electron chi connectivity index (χ0n) is 13.9. The molecule has 24 heavy (non-hydrogen) atoms. The van der Waals surface area contributed by atoms with Crippen LogP contribution < -0.4 is 11.3 Å². The first-order chi connectivity index (χ1) is 11.3. The van der Waals surface area contributed by atoms with Crippen molar-refractivity contribution in [1.82, 2.24) is 9.55 Å². The molecule has 4 nitrogen and oxygen atoms in total. The highest BCUT2D eigenvalue weighted by atomic mass is 19.3. The lowest BCUT2D eigenvalue weighted by Crippen LogP contribution is -2.40. The summed E-state index contributed by atoms with van der Waals surface area (Å²) in [6.07, 6.45) is 1.01. The van der Waals surface area contributed by atoms with Crippen molar-refractivity contribution < 1.29 is 8.78 Å². The van der Waals surface area contributed by atoms with Gasteiger partial charge in [0.2, 0.25) is 0 Å². The predicted octanol–water partition coefficient (Wildman–Crippen LogP) is 3.19. The van der Waals surface area contributed by atoms with E-state index in [1.54, 1.807) is 6.07 Å². The van der Waals surface area contributed by atoms with Crippen molar-refractivity contribution in [1.29, 1.82) is 0 Å². The number of fused-ring (bicyclic) bond motifs is 3. The fraction of sp³-hybridized carbons (Fsp3) is 0.556. The number of hydrogen-bond acceptors (Lipinski definition) is 3. The Balaban J connectivity index is 2.08. The van der Waals surface area contributed by atoms with Crippen LogP contribution in [0.1, 0.15) is 55.6 Å². The Labute approximate surface area is 138 Å². The molecular weight excluding hydrogens is 312 g/mol. The van der Waals surface area contributed by atoms with Crippen molar-refractivity contribution in [2.24, 2.45) is 5.73 Å². The molecule has 0 bridgehead atoms. The minimum Gasteiger partial charge on any atom is -0.324 e. The number of halogens is 2. The van der Waals surface area contributed by atoms with E-state index in [1.807, 2.05) is 19.9 Å². The molecule has 2 heterocycles. The van der Waals surface area contributed by atoms with E-state index in [0.29, 0.717) is 30.3 Å². The molecule has 1 aliphatic carbocycles. The second kappa shape index (κ2) is 4.85. The van der Waals surface area contributed by atoms with Gasteiger partial charge in [0.1, 0.15) is 5.82 Å². The van der Waals surface area contributed by atoms with Crippen molar-refractivity contribution in [2.75, 3.05) is 0 Å². The summed E-state index contributed by atoms with van der Waals surface area (Å²) in [4.78, 5) is 17.5. The van der Waals surface area contributed by atoms with Crippen molar-refractivity contribution >= 4 is 10.9 Å². The van der Waals surface area contributed by atoms with Gasteiger partial charge in [-0.15, -0.1) is 0 Å². The number of nitrogens with two attached hydrogens (primary N) is 1. The van der Waals surface area contributed by atoms with Crippen LogP contribution in [0.4, 0.5) is 8.78 Å². The molecule has 0 unspecified atom stereocenters. The molecule has 2 aromatic rings. The number of nitrogens with zero attached hydrogens (tertiary/aromatic N) is 2. The first-order valence-corrected chi connectivity index (χ1v) is 8.46. The second-order valence-electron chi connectivity index (χ2n) is 7.32. The average Bonchev–Trinajstić information content (AvgIpc) is 3.02. The van der Waals surface area contributed by atoms with Gasteiger partial charge in [-0.25, -0.2) is 13.8 Å². The lowest BCUT2D eigenvalue weighted by atomic mass is 9.81. The lowest BCUT2D eigenvalue weighted by Gasteiger charge is -2.30. The third-order valence-corrected chi connectivity index (χ3v) is 5.71. The minimum absolute atomic E-state index is 0.130. The number of benzene rings is 1. The van der Waals surface area contributed by atoms with E-state index in [4.69, 9.17) is 5.73 Å². The summed E-state index contributed by atoms with van der Waals surface area (Å²) in [5.74, 6) is -2.55. The summed E-state index contributed by atoms with van der Waals surface area (Å²) < 4.78 is 30.8. The van der Waals surface area contributed by atoms with Gasteiger partial charge in [0, 0.05) is 19.0 Å². The fourth-order valence-electron chi connectivity index (χ4n) is 4.45. The van der Waals surface area contributed by atoms with Gasteiger partial charge in [-0.2, -0.15) is 0 Å². The topological polar surface area (TPSA) is 60.9 Å². The molecule has 2 N–H and O–H groups in total. The van der Waals surface area contributed by atoms with Gasteiger partial charge in [-0.1, -0.05) is 6.07 Å². The smallest absolute Gasteiger partial charge is 0.261 e. The Morgan fingerprint density at radius 1 is 1.29 bits per heavy atom. The monoisotopic (exact) mass is 333 g/mol. The van der Waals surface area contributed by atoms with Crippen LogP contribution in [-0.4, -0.2) is 15.5 Å². The van der Waals surface area contributed by atoms with Crippen LogP contribution in [0.5, 0.6) is 0 Å². The highest BCUT2D eigenvalue weighted by molar-refractivity contribution is 5.82. The van der Waals surface area contributed by atoms with E-state index in [0.717, 1.165) is 11.1 Å². The minimum atomic E-state index is -2.81. The normalized spacial score (nSPS) is 26.2. The molecule has 6 heteroatoms. The van der Waals surface area contributed by atoms with E-state index in [1.165, 1.54) is 4.57 Å². The SMILES string of the molecule is Cc1cc([C@@H](C)N)c2nc3n(c(=O)c2c1)CC[C@@]31CCCC1(F)F. The Morgan fingerprint density at radius 3 is 2.67 bits per heavy atom. The maximum atomic E-state index is 14.7. The Hall–Kier alpha value is -1.82. The van der Waals surface area contributed by atoms with Crippen LogP contribution in [0.25, 0.3) is 10.9 Å². The standard InChI is InChI=1S/C18H21F2N3O/c1-10-8-12(11(2)21)14-13(9-10)15(24)23-7-6-17(16(23)22-14)4-3-5-18(17,19)20/h8-9,11H,3-7,21H2,1-2H3/t11-,17+/m1/s1. The molecular formula is C18H21F2N3O. The molecule has 128 valence electrons. The molecule has 0 saturated heterocycles. The first kappa shape index (κ1) is 15.7. The lowest BCUT2D eigenvalue weighted by molar-refractivity contribution is -0.0584. The summed E-state index contributed by atoms with van der Waals surface area (Å²) in [5, 5.41) is 0.476. The number of aryl methyl sites for hydroxylation is 1. The van der Waals surface area contributed by atoms with Gasteiger partial charge in [0.25, 0.3) is 11.5 Å². The van der Waals surface area contributed by atoms with Crippen molar-refractivity contribution in [3.8, 4) is 0 Å². The number of alkyl halides is 2. The van der Waals surface area contributed by atoms with Gasteiger partial charge < -0.3 is 5.73 Å². The molecule has 2 aliphatic rings. The molecule has 1 fully saturated rings. The summed E-state index contributed by atoms with van der Waals surface area (Å²) in [7, 11) is 0. The third kappa shape index (κ3) is 1.86. The maximum Gasteiger partial charge on any atom is 0.261 e. The number of rotatable bonds is 1. The maximum absolute atomic E-state index is 14.7. The van der Waals surface area contributed by atoms with Gasteiger partial charge in [0.15, 0.2) is 0 Å². The Morgan fingerprint density at radius 2 is 2.04 bits per heavy atom. The van der Waals surface area contributed by atoms with Crippen molar-refractivity contribution in [3.05, 3.63) is 39.4 Å². The Bertz CT molecular complexity index is 903. The van der Waals surface area contributed by atoms with Crippen LogP contribution >= 0.6 is 0 Å². The van der Waals surface area contributed by atoms with Gasteiger partial charge in [-0.05, 0) is 50.3 Å². The van der Waals surface area contributed by atoms with Crippen LogP contribution in [0.2, 0.25) is 0 Å². The Kier molecular flexibility index (Phi) is 3.17. The number of hydrogen-bond donors (Lipinski definition) is 1. The first-order valence-electron chi connectivity index (χ1n) is 8.46. The van der Waals surface area contributed by atoms with Crippen LogP contribution in [0.3, 0.4) is 0 Å². The van der Waals surface area contributed by atoms with Crippen LogP contribution in [0.15, 0.2) is 16.9 Å². The quantitative estimate of drug-likeness (QED) is 0.872. The fourth-order valence-corrected chi connectivity index (χ4v) is 4.45. The van der Waals surface area contributed by atoms with E-state index < -0.39 is 11.3 Å². The summed E-state index contributed by atoms with van der Waals surface area (Å²) in [6.45, 7) is 4.03. The molecule has 1 saturated carbocycles. The van der Waals surface area contributed by atoms with Crippen LogP contribution in [0, 0.1) is 6.92 Å². The van der Waals surface area contributed by atoms with Crippen molar-refractivity contribution in [3.63, 3.8) is 0 Å². The van der Waals surface area contributed by atoms with Gasteiger partial charge in [0.05, 0.1) is 16.3 Å². The highest BCUT2D eigenvalue weighted by Gasteiger charge is 2.62. The van der Waals surface area contributed by atoms with Crippen molar-refractivity contribution in [2.45, 2.75) is 63.5 Å². The van der Waals surface area contributed by atoms with E-state index in [2.05, 4.69) is 4.98 Å². The second-order valence-corrected chi connectivity index (χ2v) is 7.32. The highest BCUT2D eigenvalue weighted by Crippen LogP contribution is 2.55. The molecule has 1 spiro atoms. The largest absolute Gasteiger partial charge is 0.324 e. The average molecular weight is 333 g/mol. The summed E-state index contributed by atoms with van der Waals surface area (Å²) in [6, 6.07) is 3.36. The van der Waals surface area contributed by atoms with E-state index in [-0.39, 0.29) is 30.3 Å². The molecule has 1 aliphatic heterocycles. The molecule has 4 rings (SSSR count). The molecule has 1 aromatic heterocycles. The summed E-state index contributed by atoms with van der Waals surface area (Å²) in [5.41, 5.74) is 6.68. The van der Waals surface area contributed by atoms with E-state index >= 15 is 0 Å². The molecule has 1 aromatic carbocycles. The summed E-state index contributed by atoms with van der Waals surface area (Å²) >= 11 is 0. The third-order valence-electron chi connectivity index (χ3n) is 5.71. The predicted molar refractivity (Wildman–Crippen MR) is 88.4 cm³/mol. The zero-order valence-corrected chi connectivity index (χ0v) is 13.9. The van der Waals surface area contributed by atoms with Gasteiger partial charge >= 0.3 is 0 Å². The number of aromatic nitrogens is 2. The molecule has 2 atom stereocenters. The van der Waals surface area contributed by atoms with Crippen LogP contribution in [-0.2, 0) is 12.0 Å². The van der Waals surface area contributed by atoms with Gasteiger partial charge in [-0.3, -0.25) is 9.36 Å².